The zero-order chi connectivity index (χ0) is 30.5. The number of amides is 1. The molecule has 3 rings (SSSR count). The number of aldehydes is 1. The van der Waals surface area contributed by atoms with E-state index >= 15 is 0 Å². The highest BCUT2D eigenvalue weighted by Crippen LogP contribution is 2.28. The van der Waals surface area contributed by atoms with Crippen molar-refractivity contribution in [2.75, 3.05) is 18.7 Å². The van der Waals surface area contributed by atoms with Crippen LogP contribution in [0.5, 0.6) is 0 Å². The molecule has 10 heteroatoms. The Balaban J connectivity index is 1.76. The molecule has 1 aromatic carbocycles. The van der Waals surface area contributed by atoms with Crippen molar-refractivity contribution >= 4 is 27.7 Å². The molecular weight excluding hydrogens is 552 g/mol. The van der Waals surface area contributed by atoms with Crippen molar-refractivity contribution in [3.8, 4) is 0 Å². The average Bonchev–Trinajstić information content (AvgIpc) is 2.98. The van der Waals surface area contributed by atoms with Crippen LogP contribution in [-0.4, -0.2) is 72.1 Å². The number of unbranched alkanes of at least 4 members (excludes halogenated alkanes) is 7. The summed E-state index contributed by atoms with van der Waals surface area (Å²) in [6.45, 7) is 2.50. The number of anilines is 1. The number of aliphatic hydroxyl groups is 1. The number of sulfone groups is 1. The van der Waals surface area contributed by atoms with E-state index in [1.807, 2.05) is 18.2 Å². The van der Waals surface area contributed by atoms with Gasteiger partial charge in [-0.05, 0) is 42.8 Å². The highest BCUT2D eigenvalue weighted by Gasteiger charge is 2.41. The van der Waals surface area contributed by atoms with Gasteiger partial charge in [-0.15, -0.1) is 0 Å². The molecule has 9 nitrogen and oxygen atoms in total. The lowest BCUT2D eigenvalue weighted by Gasteiger charge is -2.43. The summed E-state index contributed by atoms with van der Waals surface area (Å²) in [6.07, 6.45) is 16.0. The van der Waals surface area contributed by atoms with Gasteiger partial charge in [0.05, 0.1) is 35.2 Å². The van der Waals surface area contributed by atoms with Crippen molar-refractivity contribution in [1.82, 2.24) is 14.9 Å². The van der Waals surface area contributed by atoms with Crippen LogP contribution in [0.25, 0.3) is 0 Å². The van der Waals surface area contributed by atoms with Crippen LogP contribution in [0.2, 0.25) is 0 Å². The number of carbonyl (C=O) groups excluding carboxylic acids is 2. The van der Waals surface area contributed by atoms with Gasteiger partial charge in [0.25, 0.3) is 0 Å². The standard InChI is InChI=1S/C32H46N4O5S/c1-4-5-6-7-8-9-10-11-15-31(38)29-21-20-28(32(39)35(2)23-26-14-12-13-22-33-26)30(24-37)36(29)34-25-16-18-27(19-17-25)42(3,40)41/h12-14,16-22,24,28-31,34,38H,4-11,15,23H2,1-3H3/t28-,29?,30-,31-/m1/s1. The Morgan fingerprint density at radius 2 is 1.71 bits per heavy atom. The Hall–Kier alpha value is -3.08. The largest absolute Gasteiger partial charge is 0.391 e. The van der Waals surface area contributed by atoms with Crippen LogP contribution < -0.4 is 5.43 Å². The smallest absolute Gasteiger partial charge is 0.231 e. The summed E-state index contributed by atoms with van der Waals surface area (Å²) in [6, 6.07) is 10.2. The maximum absolute atomic E-state index is 13.5. The predicted molar refractivity (Wildman–Crippen MR) is 165 cm³/mol. The molecule has 0 spiro atoms. The molecule has 1 amide bonds. The zero-order valence-electron chi connectivity index (χ0n) is 25.1. The second-order valence-corrected chi connectivity index (χ2v) is 13.2. The Kier molecular flexibility index (Phi) is 13.2. The van der Waals surface area contributed by atoms with E-state index in [9.17, 15) is 23.1 Å². The van der Waals surface area contributed by atoms with Crippen molar-refractivity contribution in [2.24, 2.45) is 5.92 Å². The van der Waals surface area contributed by atoms with Crippen LogP contribution in [0.4, 0.5) is 5.69 Å². The number of rotatable bonds is 17. The van der Waals surface area contributed by atoms with Crippen LogP contribution in [0, 0.1) is 5.92 Å². The van der Waals surface area contributed by atoms with Crippen LogP contribution in [0.15, 0.2) is 65.7 Å². The second-order valence-electron chi connectivity index (χ2n) is 11.2. The quantitative estimate of drug-likeness (QED) is 0.152. The van der Waals surface area contributed by atoms with E-state index in [4.69, 9.17) is 0 Å². The SMILES string of the molecule is CCCCCCCCCC[C@@H](O)C1C=C[C@@H](C(=O)N(C)Cc2ccccn2)[C@@H](C=O)N1Nc1ccc(S(C)(=O)=O)cc1. The molecular formula is C32H46N4O5S. The fourth-order valence-electron chi connectivity index (χ4n) is 5.30. The molecule has 1 unspecified atom stereocenters. The minimum Gasteiger partial charge on any atom is -0.391 e. The van der Waals surface area contributed by atoms with Crippen molar-refractivity contribution in [2.45, 2.75) is 94.3 Å². The molecule has 0 fully saturated rings. The number of hydrazine groups is 1. The highest BCUT2D eigenvalue weighted by atomic mass is 32.2. The number of carbonyl (C=O) groups is 2. The fourth-order valence-corrected chi connectivity index (χ4v) is 5.93. The number of nitrogens with zero attached hydrogens (tertiary/aromatic N) is 3. The molecule has 0 bridgehead atoms. The lowest BCUT2D eigenvalue weighted by molar-refractivity contribution is -0.138. The van der Waals surface area contributed by atoms with Gasteiger partial charge < -0.3 is 20.2 Å². The second kappa shape index (κ2) is 16.5. The number of nitrogens with one attached hydrogen (secondary N) is 1. The zero-order valence-corrected chi connectivity index (χ0v) is 25.9. The van der Waals surface area contributed by atoms with Crippen LogP contribution in [-0.2, 0) is 26.0 Å². The van der Waals surface area contributed by atoms with E-state index in [-0.39, 0.29) is 10.8 Å². The van der Waals surface area contributed by atoms with Gasteiger partial charge in [0, 0.05) is 25.2 Å². The van der Waals surface area contributed by atoms with Gasteiger partial charge in [0.2, 0.25) is 5.91 Å². The lowest BCUT2D eigenvalue weighted by atomic mass is 9.89. The first-order chi connectivity index (χ1) is 20.2. The number of pyridine rings is 1. The molecule has 42 heavy (non-hydrogen) atoms. The van der Waals surface area contributed by atoms with E-state index in [1.165, 1.54) is 44.2 Å². The van der Waals surface area contributed by atoms with Gasteiger partial charge >= 0.3 is 0 Å². The maximum atomic E-state index is 13.5. The third-order valence-corrected chi connectivity index (χ3v) is 8.87. The monoisotopic (exact) mass is 598 g/mol. The summed E-state index contributed by atoms with van der Waals surface area (Å²) >= 11 is 0. The third kappa shape index (κ3) is 9.74. The summed E-state index contributed by atoms with van der Waals surface area (Å²) in [5, 5.41) is 12.9. The molecule has 0 aliphatic carbocycles. The lowest BCUT2D eigenvalue weighted by Crippen LogP contribution is -2.58. The average molecular weight is 599 g/mol. The molecule has 1 aliphatic rings. The predicted octanol–water partition coefficient (Wildman–Crippen LogP) is 4.79. The normalized spacial score (nSPS) is 19.8. The first-order valence-electron chi connectivity index (χ1n) is 15.0. The Labute approximate surface area is 250 Å². The molecule has 2 N–H and O–H groups in total. The first kappa shape index (κ1) is 33.4. The van der Waals surface area contributed by atoms with Gasteiger partial charge in [-0.3, -0.25) is 9.78 Å². The molecule has 0 saturated heterocycles. The first-order valence-corrected chi connectivity index (χ1v) is 16.9. The Morgan fingerprint density at radius 1 is 1.05 bits per heavy atom. The van der Waals surface area contributed by atoms with Crippen molar-refractivity contribution < 1.29 is 23.1 Å². The van der Waals surface area contributed by atoms with Crippen LogP contribution >= 0.6 is 0 Å². The minimum absolute atomic E-state index is 0.175. The number of aromatic nitrogens is 1. The van der Waals surface area contributed by atoms with Crippen molar-refractivity contribution in [3.05, 3.63) is 66.5 Å². The van der Waals surface area contributed by atoms with Crippen molar-refractivity contribution in [1.29, 1.82) is 0 Å². The molecule has 1 aliphatic heterocycles. The van der Waals surface area contributed by atoms with Crippen LogP contribution in [0.1, 0.15) is 70.4 Å². The Bertz CT molecular complexity index is 1250. The van der Waals surface area contributed by atoms with E-state index in [0.29, 0.717) is 18.7 Å². The number of hydrogen-bond donors (Lipinski definition) is 2. The van der Waals surface area contributed by atoms with Crippen molar-refractivity contribution in [3.63, 3.8) is 0 Å². The van der Waals surface area contributed by atoms with E-state index in [0.717, 1.165) is 37.5 Å². The summed E-state index contributed by atoms with van der Waals surface area (Å²) in [5.41, 5.74) is 4.48. The van der Waals surface area contributed by atoms with E-state index in [2.05, 4.69) is 17.3 Å². The Morgan fingerprint density at radius 3 is 2.31 bits per heavy atom. The van der Waals surface area contributed by atoms with Gasteiger partial charge in [-0.1, -0.05) is 76.5 Å². The van der Waals surface area contributed by atoms with Crippen LogP contribution in [0.3, 0.4) is 0 Å². The molecule has 0 radical (unpaired) electrons. The number of aliphatic hydroxyl groups excluding tert-OH is 1. The highest BCUT2D eigenvalue weighted by molar-refractivity contribution is 7.90. The molecule has 1 aromatic heterocycles. The summed E-state index contributed by atoms with van der Waals surface area (Å²) in [5.74, 6) is -1.03. The minimum atomic E-state index is -3.37. The number of hydrogen-bond acceptors (Lipinski definition) is 8. The third-order valence-electron chi connectivity index (χ3n) is 7.74. The summed E-state index contributed by atoms with van der Waals surface area (Å²) in [7, 11) is -1.70. The van der Waals surface area contributed by atoms with Gasteiger partial charge in [0.15, 0.2) is 9.84 Å². The summed E-state index contributed by atoms with van der Waals surface area (Å²) in [4.78, 5) is 32.1. The summed E-state index contributed by atoms with van der Waals surface area (Å²) < 4.78 is 23.9. The van der Waals surface area contributed by atoms with E-state index < -0.39 is 33.9 Å². The number of benzene rings is 1. The van der Waals surface area contributed by atoms with E-state index in [1.54, 1.807) is 47.4 Å². The maximum Gasteiger partial charge on any atom is 0.231 e. The topological polar surface area (TPSA) is 120 Å². The molecule has 2 aromatic rings. The molecule has 230 valence electrons. The molecule has 2 heterocycles. The fraction of sp³-hybridized carbons (Fsp3) is 0.531. The molecule has 4 atom stereocenters. The van der Waals surface area contributed by atoms with Gasteiger partial charge in [-0.25, -0.2) is 13.4 Å². The van der Waals surface area contributed by atoms with Gasteiger partial charge in [0.1, 0.15) is 12.3 Å². The van der Waals surface area contributed by atoms with Gasteiger partial charge in [-0.2, -0.15) is 0 Å². The molecule has 0 saturated carbocycles.